The van der Waals surface area contributed by atoms with Crippen LogP contribution < -0.4 is 11.1 Å². The molecule has 1 fully saturated rings. The van der Waals surface area contributed by atoms with E-state index in [9.17, 15) is 8.42 Å². The molecule has 0 amide bonds. The molecule has 1 aromatic rings. The Morgan fingerprint density at radius 3 is 2.93 bits per heavy atom. The average molecular weight is 227 g/mol. The molecule has 0 saturated carbocycles. The fourth-order valence-electron chi connectivity index (χ4n) is 1.67. The minimum Gasteiger partial charge on any atom is -0.396 e. The van der Waals surface area contributed by atoms with Gasteiger partial charge in [-0.1, -0.05) is 0 Å². The Morgan fingerprint density at radius 2 is 2.33 bits per heavy atom. The highest BCUT2D eigenvalue weighted by atomic mass is 32.2. The van der Waals surface area contributed by atoms with Crippen LogP contribution in [-0.2, 0) is 9.84 Å². The topological polar surface area (TPSA) is 85.1 Å². The van der Waals surface area contributed by atoms with Crippen molar-refractivity contribution in [3.8, 4) is 0 Å². The van der Waals surface area contributed by atoms with Crippen LogP contribution in [0, 0.1) is 0 Å². The maximum Gasteiger partial charge on any atom is 0.152 e. The molecule has 1 unspecified atom stereocenters. The second kappa shape index (κ2) is 3.69. The van der Waals surface area contributed by atoms with Crippen LogP contribution in [0.15, 0.2) is 18.5 Å². The van der Waals surface area contributed by atoms with E-state index in [0.29, 0.717) is 12.1 Å². The van der Waals surface area contributed by atoms with Gasteiger partial charge in [0.25, 0.3) is 0 Å². The quantitative estimate of drug-likeness (QED) is 0.757. The SMILES string of the molecule is Nc1cnccc1NC1CCS(=O)(=O)C1. The molecule has 1 aromatic heterocycles. The molecule has 0 aliphatic carbocycles. The Hall–Kier alpha value is -1.30. The molecule has 15 heavy (non-hydrogen) atoms. The average Bonchev–Trinajstić information content (AvgIpc) is 2.50. The number of nitrogens with zero attached hydrogens (tertiary/aromatic N) is 1. The van der Waals surface area contributed by atoms with Gasteiger partial charge in [0, 0.05) is 12.2 Å². The zero-order valence-electron chi connectivity index (χ0n) is 8.18. The number of nitrogens with one attached hydrogen (secondary N) is 1. The standard InChI is InChI=1S/C9H13N3O2S/c10-8-5-11-3-1-9(8)12-7-2-4-15(13,14)6-7/h1,3,5,7H,2,4,6,10H2,(H,11,12). The van der Waals surface area contributed by atoms with Gasteiger partial charge in [-0.25, -0.2) is 8.42 Å². The van der Waals surface area contributed by atoms with Gasteiger partial charge in [0.2, 0.25) is 0 Å². The number of sulfone groups is 1. The second-order valence-corrected chi connectivity index (χ2v) is 5.94. The van der Waals surface area contributed by atoms with Gasteiger partial charge in [-0.3, -0.25) is 4.98 Å². The minimum absolute atomic E-state index is 0.0281. The Morgan fingerprint density at radius 1 is 1.53 bits per heavy atom. The Labute approximate surface area is 88.6 Å². The van der Waals surface area contributed by atoms with Crippen molar-refractivity contribution >= 4 is 21.2 Å². The number of rotatable bonds is 2. The summed E-state index contributed by atoms with van der Waals surface area (Å²) in [5.41, 5.74) is 6.99. The highest BCUT2D eigenvalue weighted by Gasteiger charge is 2.27. The van der Waals surface area contributed by atoms with Crippen molar-refractivity contribution in [2.75, 3.05) is 22.6 Å². The summed E-state index contributed by atoms with van der Waals surface area (Å²) in [5, 5.41) is 3.12. The van der Waals surface area contributed by atoms with Crippen molar-refractivity contribution < 1.29 is 8.42 Å². The van der Waals surface area contributed by atoms with Gasteiger partial charge in [-0.2, -0.15) is 0 Å². The molecule has 0 radical (unpaired) electrons. The van der Waals surface area contributed by atoms with Gasteiger partial charge in [-0.15, -0.1) is 0 Å². The van der Waals surface area contributed by atoms with Crippen LogP contribution in [-0.4, -0.2) is 30.9 Å². The van der Waals surface area contributed by atoms with Crippen molar-refractivity contribution in [1.29, 1.82) is 0 Å². The molecule has 1 saturated heterocycles. The summed E-state index contributed by atoms with van der Waals surface area (Å²) >= 11 is 0. The van der Waals surface area contributed by atoms with Gasteiger partial charge in [0.15, 0.2) is 9.84 Å². The molecule has 1 atom stereocenters. The third-order valence-electron chi connectivity index (χ3n) is 2.44. The smallest absolute Gasteiger partial charge is 0.152 e. The maximum absolute atomic E-state index is 11.2. The summed E-state index contributed by atoms with van der Waals surface area (Å²) in [5.74, 6) is 0.449. The Balaban J connectivity index is 2.08. The van der Waals surface area contributed by atoms with Crippen LogP contribution in [0.3, 0.4) is 0 Å². The van der Waals surface area contributed by atoms with Crippen molar-refractivity contribution in [3.63, 3.8) is 0 Å². The maximum atomic E-state index is 11.2. The van der Waals surface area contributed by atoms with Crippen LogP contribution in [0.5, 0.6) is 0 Å². The fourth-order valence-corrected chi connectivity index (χ4v) is 3.34. The second-order valence-electron chi connectivity index (χ2n) is 3.71. The number of aromatic nitrogens is 1. The molecule has 0 spiro atoms. The van der Waals surface area contributed by atoms with Gasteiger partial charge in [0.05, 0.1) is 29.1 Å². The summed E-state index contributed by atoms with van der Waals surface area (Å²) in [7, 11) is -2.85. The molecule has 1 aliphatic rings. The summed E-state index contributed by atoms with van der Waals surface area (Å²) in [6, 6.07) is 1.72. The first-order valence-corrected chi connectivity index (χ1v) is 6.55. The van der Waals surface area contributed by atoms with E-state index in [-0.39, 0.29) is 17.5 Å². The first-order valence-electron chi connectivity index (χ1n) is 4.73. The van der Waals surface area contributed by atoms with E-state index < -0.39 is 9.84 Å². The van der Waals surface area contributed by atoms with E-state index in [1.54, 1.807) is 18.5 Å². The van der Waals surface area contributed by atoms with E-state index in [4.69, 9.17) is 5.73 Å². The minimum atomic E-state index is -2.85. The molecule has 6 heteroatoms. The predicted molar refractivity (Wildman–Crippen MR) is 59.3 cm³/mol. The predicted octanol–water partition coefficient (Wildman–Crippen LogP) is 0.263. The monoisotopic (exact) mass is 227 g/mol. The van der Waals surface area contributed by atoms with Gasteiger partial charge >= 0.3 is 0 Å². The Bertz CT molecular complexity index is 458. The fraction of sp³-hybridized carbons (Fsp3) is 0.444. The Kier molecular flexibility index (Phi) is 2.52. The normalized spacial score (nSPS) is 23.9. The van der Waals surface area contributed by atoms with Crippen molar-refractivity contribution in [3.05, 3.63) is 18.5 Å². The molecule has 2 heterocycles. The van der Waals surface area contributed by atoms with Crippen LogP contribution in [0.25, 0.3) is 0 Å². The van der Waals surface area contributed by atoms with Crippen LogP contribution in [0.1, 0.15) is 6.42 Å². The zero-order chi connectivity index (χ0) is 10.9. The molecule has 0 aromatic carbocycles. The van der Waals surface area contributed by atoms with Crippen molar-refractivity contribution in [2.45, 2.75) is 12.5 Å². The summed E-state index contributed by atoms with van der Waals surface area (Å²) < 4.78 is 22.5. The number of anilines is 2. The van der Waals surface area contributed by atoms with E-state index in [2.05, 4.69) is 10.3 Å². The van der Waals surface area contributed by atoms with Crippen LogP contribution in [0.4, 0.5) is 11.4 Å². The number of hydrogen-bond acceptors (Lipinski definition) is 5. The molecule has 1 aliphatic heterocycles. The largest absolute Gasteiger partial charge is 0.396 e. The van der Waals surface area contributed by atoms with Crippen molar-refractivity contribution in [1.82, 2.24) is 4.98 Å². The lowest BCUT2D eigenvalue weighted by Crippen LogP contribution is -2.21. The van der Waals surface area contributed by atoms with E-state index >= 15 is 0 Å². The molecular weight excluding hydrogens is 214 g/mol. The van der Waals surface area contributed by atoms with Crippen molar-refractivity contribution in [2.24, 2.45) is 0 Å². The highest BCUT2D eigenvalue weighted by Crippen LogP contribution is 2.21. The summed E-state index contributed by atoms with van der Waals surface area (Å²) in [6.07, 6.45) is 3.82. The summed E-state index contributed by atoms with van der Waals surface area (Å²) in [4.78, 5) is 3.86. The van der Waals surface area contributed by atoms with Crippen LogP contribution >= 0.6 is 0 Å². The molecule has 3 N–H and O–H groups in total. The van der Waals surface area contributed by atoms with E-state index in [0.717, 1.165) is 5.69 Å². The lowest BCUT2D eigenvalue weighted by Gasteiger charge is -2.13. The highest BCUT2D eigenvalue weighted by molar-refractivity contribution is 7.91. The third kappa shape index (κ3) is 2.38. The number of pyridine rings is 1. The lowest BCUT2D eigenvalue weighted by atomic mass is 10.2. The number of nitrogens with two attached hydrogens (primary N) is 1. The molecule has 5 nitrogen and oxygen atoms in total. The van der Waals surface area contributed by atoms with E-state index in [1.165, 1.54) is 0 Å². The first kappa shape index (κ1) is 10.2. The van der Waals surface area contributed by atoms with Gasteiger partial charge < -0.3 is 11.1 Å². The summed E-state index contributed by atoms with van der Waals surface area (Å²) in [6.45, 7) is 0. The van der Waals surface area contributed by atoms with E-state index in [1.807, 2.05) is 0 Å². The molecular formula is C9H13N3O2S. The van der Waals surface area contributed by atoms with Gasteiger partial charge in [0.1, 0.15) is 0 Å². The number of nitrogen functional groups attached to an aromatic ring is 1. The third-order valence-corrected chi connectivity index (χ3v) is 4.21. The number of hydrogen-bond donors (Lipinski definition) is 2. The molecule has 2 rings (SSSR count). The first-order chi connectivity index (χ1) is 7.07. The zero-order valence-corrected chi connectivity index (χ0v) is 9.00. The molecule has 0 bridgehead atoms. The molecule has 82 valence electrons. The van der Waals surface area contributed by atoms with Gasteiger partial charge in [-0.05, 0) is 12.5 Å². The van der Waals surface area contributed by atoms with Crippen LogP contribution in [0.2, 0.25) is 0 Å². The lowest BCUT2D eigenvalue weighted by molar-refractivity contribution is 0.602.